The van der Waals surface area contributed by atoms with Gasteiger partial charge in [-0.3, -0.25) is 4.98 Å². The number of hydrogen-bond acceptors (Lipinski definition) is 2. The molecule has 0 aromatic carbocycles. The van der Waals surface area contributed by atoms with Crippen molar-refractivity contribution in [1.29, 1.82) is 0 Å². The summed E-state index contributed by atoms with van der Waals surface area (Å²) in [6, 6.07) is 1.94. The SMILES string of the molecule is Nc1c[nH]c2cc(Br)cnc12. The second-order valence-corrected chi connectivity index (χ2v) is 3.21. The Morgan fingerprint density at radius 3 is 3.18 bits per heavy atom. The van der Waals surface area contributed by atoms with Crippen molar-refractivity contribution in [3.63, 3.8) is 0 Å². The minimum absolute atomic E-state index is 0.688. The molecule has 0 aliphatic heterocycles. The van der Waals surface area contributed by atoms with E-state index in [-0.39, 0.29) is 0 Å². The number of nitrogens with two attached hydrogens (primary N) is 1. The van der Waals surface area contributed by atoms with Gasteiger partial charge in [-0.15, -0.1) is 0 Å². The van der Waals surface area contributed by atoms with E-state index in [9.17, 15) is 0 Å². The number of fused-ring (bicyclic) bond motifs is 1. The van der Waals surface area contributed by atoms with Crippen molar-refractivity contribution in [3.05, 3.63) is 22.9 Å². The lowest BCUT2D eigenvalue weighted by Crippen LogP contribution is -1.82. The zero-order chi connectivity index (χ0) is 7.84. The van der Waals surface area contributed by atoms with Crippen LogP contribution in [0.15, 0.2) is 22.9 Å². The lowest BCUT2D eigenvalue weighted by Gasteiger charge is -1.90. The van der Waals surface area contributed by atoms with E-state index in [2.05, 4.69) is 25.9 Å². The van der Waals surface area contributed by atoms with Gasteiger partial charge in [-0.1, -0.05) is 0 Å². The first-order valence-corrected chi connectivity index (χ1v) is 3.95. The summed E-state index contributed by atoms with van der Waals surface area (Å²) in [6.07, 6.45) is 3.47. The van der Waals surface area contributed by atoms with Crippen LogP contribution in [0.4, 0.5) is 5.69 Å². The van der Waals surface area contributed by atoms with Crippen LogP contribution in [-0.4, -0.2) is 9.97 Å². The molecule has 2 rings (SSSR count). The van der Waals surface area contributed by atoms with Gasteiger partial charge in [0, 0.05) is 16.9 Å². The predicted molar refractivity (Wildman–Crippen MR) is 48.2 cm³/mol. The molecule has 0 fully saturated rings. The van der Waals surface area contributed by atoms with Crippen molar-refractivity contribution in [1.82, 2.24) is 9.97 Å². The van der Waals surface area contributed by atoms with E-state index in [0.717, 1.165) is 15.5 Å². The van der Waals surface area contributed by atoms with Crippen LogP contribution >= 0.6 is 15.9 Å². The van der Waals surface area contributed by atoms with E-state index in [4.69, 9.17) is 5.73 Å². The van der Waals surface area contributed by atoms with Crippen molar-refractivity contribution in [2.24, 2.45) is 0 Å². The summed E-state index contributed by atoms with van der Waals surface area (Å²) in [5.74, 6) is 0. The minimum Gasteiger partial charge on any atom is -0.396 e. The van der Waals surface area contributed by atoms with Crippen LogP contribution in [0.25, 0.3) is 11.0 Å². The van der Waals surface area contributed by atoms with E-state index in [1.165, 1.54) is 0 Å². The third-order valence-corrected chi connectivity index (χ3v) is 1.94. The Labute approximate surface area is 71.7 Å². The Balaban J connectivity index is 2.86. The van der Waals surface area contributed by atoms with Crippen LogP contribution in [0.1, 0.15) is 0 Å². The Kier molecular flexibility index (Phi) is 1.35. The van der Waals surface area contributed by atoms with Crippen molar-refractivity contribution in [2.75, 3.05) is 5.73 Å². The van der Waals surface area contributed by atoms with E-state index >= 15 is 0 Å². The van der Waals surface area contributed by atoms with Crippen molar-refractivity contribution < 1.29 is 0 Å². The number of anilines is 1. The zero-order valence-electron chi connectivity index (χ0n) is 5.63. The van der Waals surface area contributed by atoms with Crippen molar-refractivity contribution >= 4 is 32.7 Å². The maximum absolute atomic E-state index is 5.62. The molecule has 4 heteroatoms. The second-order valence-electron chi connectivity index (χ2n) is 2.29. The summed E-state index contributed by atoms with van der Waals surface area (Å²) >= 11 is 3.32. The second kappa shape index (κ2) is 2.23. The minimum atomic E-state index is 0.688. The molecule has 0 saturated heterocycles. The average Bonchev–Trinajstić information content (AvgIpc) is 2.32. The quantitative estimate of drug-likeness (QED) is 0.700. The largest absolute Gasteiger partial charge is 0.396 e. The Morgan fingerprint density at radius 1 is 1.55 bits per heavy atom. The number of aromatic amines is 1. The highest BCUT2D eigenvalue weighted by atomic mass is 79.9. The fraction of sp³-hybridized carbons (Fsp3) is 0. The highest BCUT2D eigenvalue weighted by Crippen LogP contribution is 2.20. The zero-order valence-corrected chi connectivity index (χ0v) is 7.22. The highest BCUT2D eigenvalue weighted by molar-refractivity contribution is 9.10. The molecular formula is C7H6BrN3. The molecule has 3 N–H and O–H groups in total. The number of hydrogen-bond donors (Lipinski definition) is 2. The summed E-state index contributed by atoms with van der Waals surface area (Å²) in [6.45, 7) is 0. The lowest BCUT2D eigenvalue weighted by molar-refractivity contribution is 1.38. The number of H-pyrrole nitrogens is 1. The normalized spacial score (nSPS) is 10.6. The van der Waals surface area contributed by atoms with Crippen molar-refractivity contribution in [3.8, 4) is 0 Å². The number of nitrogens with one attached hydrogen (secondary N) is 1. The molecule has 2 heterocycles. The van der Waals surface area contributed by atoms with Gasteiger partial charge in [-0.05, 0) is 22.0 Å². The van der Waals surface area contributed by atoms with Gasteiger partial charge in [-0.25, -0.2) is 0 Å². The van der Waals surface area contributed by atoms with Gasteiger partial charge >= 0.3 is 0 Å². The summed E-state index contributed by atoms with van der Waals surface area (Å²) in [4.78, 5) is 7.15. The number of nitrogens with zero attached hydrogens (tertiary/aromatic N) is 1. The molecule has 0 radical (unpaired) electrons. The molecule has 3 nitrogen and oxygen atoms in total. The van der Waals surface area contributed by atoms with Crippen LogP contribution in [0.2, 0.25) is 0 Å². The fourth-order valence-electron chi connectivity index (χ4n) is 1.00. The first kappa shape index (κ1) is 6.67. The molecule has 2 aromatic heterocycles. The van der Waals surface area contributed by atoms with Crippen LogP contribution in [0.3, 0.4) is 0 Å². The first-order chi connectivity index (χ1) is 5.27. The van der Waals surface area contributed by atoms with Gasteiger partial charge in [0.15, 0.2) is 0 Å². The van der Waals surface area contributed by atoms with Crippen LogP contribution < -0.4 is 5.73 Å². The lowest BCUT2D eigenvalue weighted by atomic mass is 10.4. The predicted octanol–water partition coefficient (Wildman–Crippen LogP) is 1.91. The number of rotatable bonds is 0. The monoisotopic (exact) mass is 211 g/mol. The molecule has 11 heavy (non-hydrogen) atoms. The number of pyridine rings is 1. The number of aromatic nitrogens is 2. The number of halogens is 1. The first-order valence-electron chi connectivity index (χ1n) is 3.15. The third kappa shape index (κ3) is 0.991. The molecule has 2 aromatic rings. The van der Waals surface area contributed by atoms with Gasteiger partial charge in [0.2, 0.25) is 0 Å². The summed E-state index contributed by atoms with van der Waals surface area (Å²) in [5, 5.41) is 0. The molecule has 0 saturated carbocycles. The Hall–Kier alpha value is -1.03. The summed E-state index contributed by atoms with van der Waals surface area (Å²) < 4.78 is 0.951. The van der Waals surface area contributed by atoms with E-state index in [1.54, 1.807) is 12.4 Å². The summed E-state index contributed by atoms with van der Waals surface area (Å²) in [5.41, 5.74) is 8.09. The molecule has 0 atom stereocenters. The van der Waals surface area contributed by atoms with Crippen LogP contribution in [0.5, 0.6) is 0 Å². The molecule has 0 spiro atoms. The topological polar surface area (TPSA) is 54.7 Å². The Bertz CT molecular complexity index is 393. The van der Waals surface area contributed by atoms with Crippen molar-refractivity contribution in [2.45, 2.75) is 0 Å². The maximum atomic E-state index is 5.62. The Morgan fingerprint density at radius 2 is 2.36 bits per heavy atom. The molecule has 0 bridgehead atoms. The van der Waals surface area contributed by atoms with E-state index < -0.39 is 0 Å². The van der Waals surface area contributed by atoms with Crippen LogP contribution in [-0.2, 0) is 0 Å². The summed E-state index contributed by atoms with van der Waals surface area (Å²) in [7, 11) is 0. The standard InChI is InChI=1S/C7H6BrN3/c8-4-1-6-7(11-2-4)5(9)3-10-6/h1-3,10H,9H2. The smallest absolute Gasteiger partial charge is 0.111 e. The van der Waals surface area contributed by atoms with Gasteiger partial charge in [-0.2, -0.15) is 0 Å². The van der Waals surface area contributed by atoms with Crippen LogP contribution in [0, 0.1) is 0 Å². The molecule has 0 unspecified atom stereocenters. The van der Waals surface area contributed by atoms with Gasteiger partial charge < -0.3 is 10.7 Å². The van der Waals surface area contributed by atoms with Gasteiger partial charge in [0.05, 0.1) is 11.2 Å². The van der Waals surface area contributed by atoms with E-state index in [0.29, 0.717) is 5.69 Å². The fourth-order valence-corrected chi connectivity index (χ4v) is 1.33. The highest BCUT2D eigenvalue weighted by Gasteiger charge is 2.00. The number of nitrogen functional groups attached to an aromatic ring is 1. The molecule has 0 aliphatic rings. The third-order valence-electron chi connectivity index (χ3n) is 1.51. The molecule has 56 valence electrons. The molecule has 0 amide bonds. The molecular weight excluding hydrogens is 206 g/mol. The average molecular weight is 212 g/mol. The van der Waals surface area contributed by atoms with E-state index in [1.807, 2.05) is 6.07 Å². The van der Waals surface area contributed by atoms with Gasteiger partial charge in [0.1, 0.15) is 5.52 Å². The molecule has 0 aliphatic carbocycles. The maximum Gasteiger partial charge on any atom is 0.111 e. The van der Waals surface area contributed by atoms with Gasteiger partial charge in [0.25, 0.3) is 0 Å².